The van der Waals surface area contributed by atoms with E-state index in [0.29, 0.717) is 0 Å². The molecule has 0 bridgehead atoms. The van der Waals surface area contributed by atoms with E-state index < -0.39 is 0 Å². The number of hydrogen-bond acceptors (Lipinski definition) is 3. The number of hydrogen-bond donors (Lipinski definition) is 1. The Morgan fingerprint density at radius 3 is 2.48 bits per heavy atom. The average molecular weight is 397 g/mol. The summed E-state index contributed by atoms with van der Waals surface area (Å²) in [6.45, 7) is 3.79. The van der Waals surface area contributed by atoms with Gasteiger partial charge in [-0.3, -0.25) is 0 Å². The zero-order valence-corrected chi connectivity index (χ0v) is 14.7. The van der Waals surface area contributed by atoms with Gasteiger partial charge in [0, 0.05) is 13.1 Å². The molecule has 0 aliphatic rings. The third kappa shape index (κ3) is 4.11. The molecule has 0 aromatic heterocycles. The Morgan fingerprint density at radius 2 is 1.81 bits per heavy atom. The molecule has 0 aliphatic carbocycles. The van der Waals surface area contributed by atoms with Crippen molar-refractivity contribution in [3.8, 4) is 11.5 Å². The zero-order chi connectivity index (χ0) is 15.2. The molecule has 0 saturated carbocycles. The highest BCUT2D eigenvalue weighted by molar-refractivity contribution is 14.1. The fourth-order valence-electron chi connectivity index (χ4n) is 2.22. The van der Waals surface area contributed by atoms with E-state index >= 15 is 0 Å². The highest BCUT2D eigenvalue weighted by Gasteiger charge is 2.10. The first-order valence-corrected chi connectivity index (χ1v) is 7.89. The molecule has 0 heterocycles. The van der Waals surface area contributed by atoms with Crippen LogP contribution in [-0.2, 0) is 13.1 Å². The van der Waals surface area contributed by atoms with Gasteiger partial charge in [0.25, 0.3) is 0 Å². The van der Waals surface area contributed by atoms with Crippen molar-refractivity contribution in [2.24, 2.45) is 0 Å². The van der Waals surface area contributed by atoms with E-state index in [2.05, 4.69) is 65.2 Å². The predicted octanol–water partition coefficient (Wildman–Crippen LogP) is 3.91. The summed E-state index contributed by atoms with van der Waals surface area (Å²) in [5.74, 6) is 1.57. The van der Waals surface area contributed by atoms with Gasteiger partial charge in [-0.15, -0.1) is 0 Å². The van der Waals surface area contributed by atoms with Gasteiger partial charge in [-0.1, -0.05) is 24.3 Å². The summed E-state index contributed by atoms with van der Waals surface area (Å²) in [5.41, 5.74) is 3.82. The molecule has 1 N–H and O–H groups in total. The quantitative estimate of drug-likeness (QED) is 0.750. The second-order valence-corrected chi connectivity index (χ2v) is 6.01. The number of halogens is 1. The predicted molar refractivity (Wildman–Crippen MR) is 94.0 cm³/mol. The fraction of sp³-hybridized carbons (Fsp3) is 0.294. The first kappa shape index (κ1) is 16.1. The topological polar surface area (TPSA) is 30.5 Å². The highest BCUT2D eigenvalue weighted by atomic mass is 127. The summed E-state index contributed by atoms with van der Waals surface area (Å²) in [4.78, 5) is 0. The fourth-order valence-corrected chi connectivity index (χ4v) is 3.11. The van der Waals surface area contributed by atoms with E-state index in [1.54, 1.807) is 14.2 Å². The summed E-state index contributed by atoms with van der Waals surface area (Å²) in [5, 5.41) is 3.48. The third-order valence-electron chi connectivity index (χ3n) is 3.40. The molecule has 0 atom stereocenters. The Labute approximate surface area is 139 Å². The second-order valence-electron chi connectivity index (χ2n) is 4.84. The standard InChI is InChI=1S/C17H20INO2/c1-12-6-4-5-7-14(12)11-19-10-13-8-15(18)17(21-3)16(9-13)20-2/h4-9,19H,10-11H2,1-3H3. The highest BCUT2D eigenvalue weighted by Crippen LogP contribution is 2.33. The molecule has 0 fully saturated rings. The number of aryl methyl sites for hydroxylation is 1. The third-order valence-corrected chi connectivity index (χ3v) is 4.20. The summed E-state index contributed by atoms with van der Waals surface area (Å²) < 4.78 is 11.8. The van der Waals surface area contributed by atoms with E-state index in [1.807, 2.05) is 6.07 Å². The number of rotatable bonds is 6. The molecule has 0 amide bonds. The Balaban J connectivity index is 2.04. The maximum absolute atomic E-state index is 5.38. The van der Waals surface area contributed by atoms with Gasteiger partial charge >= 0.3 is 0 Å². The lowest BCUT2D eigenvalue weighted by molar-refractivity contribution is 0.352. The smallest absolute Gasteiger partial charge is 0.174 e. The van der Waals surface area contributed by atoms with Crippen LogP contribution in [0.3, 0.4) is 0 Å². The van der Waals surface area contributed by atoms with Gasteiger partial charge in [-0.05, 0) is 58.3 Å². The van der Waals surface area contributed by atoms with Crippen molar-refractivity contribution in [1.82, 2.24) is 5.32 Å². The van der Waals surface area contributed by atoms with Crippen LogP contribution in [-0.4, -0.2) is 14.2 Å². The van der Waals surface area contributed by atoms with Crippen LogP contribution in [0.15, 0.2) is 36.4 Å². The lowest BCUT2D eigenvalue weighted by Crippen LogP contribution is -2.13. The maximum Gasteiger partial charge on any atom is 0.174 e. The lowest BCUT2D eigenvalue weighted by Gasteiger charge is -2.13. The molecule has 2 aromatic carbocycles. The van der Waals surface area contributed by atoms with Crippen molar-refractivity contribution in [3.63, 3.8) is 0 Å². The molecule has 21 heavy (non-hydrogen) atoms. The van der Waals surface area contributed by atoms with Crippen LogP contribution >= 0.6 is 22.6 Å². The van der Waals surface area contributed by atoms with Crippen LogP contribution in [0.1, 0.15) is 16.7 Å². The number of methoxy groups -OCH3 is 2. The van der Waals surface area contributed by atoms with Gasteiger partial charge < -0.3 is 14.8 Å². The normalized spacial score (nSPS) is 10.5. The second kappa shape index (κ2) is 7.66. The van der Waals surface area contributed by atoms with Crippen molar-refractivity contribution < 1.29 is 9.47 Å². The van der Waals surface area contributed by atoms with E-state index in [4.69, 9.17) is 9.47 Å². The minimum atomic E-state index is 0.775. The first-order chi connectivity index (χ1) is 10.2. The average Bonchev–Trinajstić information content (AvgIpc) is 2.48. The Kier molecular flexibility index (Phi) is 5.87. The van der Waals surface area contributed by atoms with E-state index in [9.17, 15) is 0 Å². The van der Waals surface area contributed by atoms with Crippen LogP contribution in [0.5, 0.6) is 11.5 Å². The van der Waals surface area contributed by atoms with Crippen LogP contribution in [0.2, 0.25) is 0 Å². The van der Waals surface area contributed by atoms with E-state index in [1.165, 1.54) is 16.7 Å². The van der Waals surface area contributed by atoms with Gasteiger partial charge in [0.1, 0.15) is 0 Å². The maximum atomic E-state index is 5.38. The van der Waals surface area contributed by atoms with E-state index in [0.717, 1.165) is 28.2 Å². The number of ether oxygens (including phenoxy) is 2. The Hall–Kier alpha value is -1.27. The summed E-state index contributed by atoms with van der Waals surface area (Å²) >= 11 is 2.27. The summed E-state index contributed by atoms with van der Waals surface area (Å²) in [6.07, 6.45) is 0. The Bertz CT molecular complexity index is 614. The lowest BCUT2D eigenvalue weighted by atomic mass is 10.1. The monoisotopic (exact) mass is 397 g/mol. The molecule has 0 spiro atoms. The van der Waals surface area contributed by atoms with E-state index in [-0.39, 0.29) is 0 Å². The molecule has 0 aliphatic heterocycles. The molecule has 0 radical (unpaired) electrons. The van der Waals surface area contributed by atoms with Crippen LogP contribution in [0.4, 0.5) is 0 Å². The van der Waals surface area contributed by atoms with Crippen molar-refractivity contribution in [2.75, 3.05) is 14.2 Å². The van der Waals surface area contributed by atoms with Gasteiger partial charge in [0.2, 0.25) is 0 Å². The molecule has 0 saturated heterocycles. The number of benzene rings is 2. The molecule has 2 aromatic rings. The van der Waals surface area contributed by atoms with Crippen molar-refractivity contribution in [2.45, 2.75) is 20.0 Å². The van der Waals surface area contributed by atoms with Crippen molar-refractivity contribution in [1.29, 1.82) is 0 Å². The van der Waals surface area contributed by atoms with Gasteiger partial charge in [-0.25, -0.2) is 0 Å². The minimum absolute atomic E-state index is 0.775. The van der Waals surface area contributed by atoms with Gasteiger partial charge in [0.15, 0.2) is 11.5 Å². The molecule has 2 rings (SSSR count). The Morgan fingerprint density at radius 1 is 1.05 bits per heavy atom. The molecule has 112 valence electrons. The minimum Gasteiger partial charge on any atom is -0.493 e. The van der Waals surface area contributed by atoms with Crippen LogP contribution < -0.4 is 14.8 Å². The van der Waals surface area contributed by atoms with Crippen LogP contribution in [0.25, 0.3) is 0 Å². The molecule has 4 heteroatoms. The zero-order valence-electron chi connectivity index (χ0n) is 12.6. The first-order valence-electron chi connectivity index (χ1n) is 6.81. The molecular formula is C17H20INO2. The van der Waals surface area contributed by atoms with Gasteiger partial charge in [0.05, 0.1) is 17.8 Å². The summed E-state index contributed by atoms with van der Waals surface area (Å²) in [6, 6.07) is 12.6. The van der Waals surface area contributed by atoms with Crippen molar-refractivity contribution in [3.05, 3.63) is 56.7 Å². The summed E-state index contributed by atoms with van der Waals surface area (Å²) in [7, 11) is 3.33. The SMILES string of the molecule is COc1cc(CNCc2ccccc2C)cc(I)c1OC. The molecule has 0 unspecified atom stereocenters. The van der Waals surface area contributed by atoms with Gasteiger partial charge in [-0.2, -0.15) is 0 Å². The van der Waals surface area contributed by atoms with Crippen LogP contribution in [0, 0.1) is 10.5 Å². The molecule has 3 nitrogen and oxygen atoms in total. The largest absolute Gasteiger partial charge is 0.493 e. The number of nitrogens with one attached hydrogen (secondary N) is 1. The molecular weight excluding hydrogens is 377 g/mol. The van der Waals surface area contributed by atoms with Crippen molar-refractivity contribution >= 4 is 22.6 Å².